The van der Waals surface area contributed by atoms with Crippen molar-refractivity contribution in [1.29, 1.82) is 0 Å². The number of carbonyl (C=O) groups excluding carboxylic acids is 2. The first-order valence-corrected chi connectivity index (χ1v) is 9.66. The summed E-state index contributed by atoms with van der Waals surface area (Å²) in [4.78, 5) is 24.9. The Hall–Kier alpha value is -1.84. The van der Waals surface area contributed by atoms with Gasteiger partial charge < -0.3 is 10.1 Å². The third-order valence-corrected chi connectivity index (χ3v) is 6.34. The van der Waals surface area contributed by atoms with Crippen LogP contribution in [0.2, 0.25) is 0 Å². The molecule has 4 saturated carbocycles. The van der Waals surface area contributed by atoms with Crippen molar-refractivity contribution >= 4 is 17.6 Å². The molecule has 4 heteroatoms. The van der Waals surface area contributed by atoms with Gasteiger partial charge in [0.05, 0.1) is 17.6 Å². The van der Waals surface area contributed by atoms with Crippen LogP contribution in [-0.4, -0.2) is 18.5 Å². The van der Waals surface area contributed by atoms with Crippen LogP contribution in [0.4, 0.5) is 5.69 Å². The van der Waals surface area contributed by atoms with E-state index < -0.39 is 0 Å². The summed E-state index contributed by atoms with van der Waals surface area (Å²) < 4.78 is 5.14. The minimum Gasteiger partial charge on any atom is -0.462 e. The zero-order chi connectivity index (χ0) is 17.4. The molecule has 0 atom stereocenters. The maximum absolute atomic E-state index is 13.0. The van der Waals surface area contributed by atoms with Gasteiger partial charge in [0, 0.05) is 5.69 Å². The largest absolute Gasteiger partial charge is 0.462 e. The highest BCUT2D eigenvalue weighted by Gasteiger charge is 2.54. The predicted octanol–water partition coefficient (Wildman–Crippen LogP) is 4.41. The maximum atomic E-state index is 13.0. The van der Waals surface area contributed by atoms with Gasteiger partial charge in [0.25, 0.3) is 0 Å². The standard InChI is InChI=1S/C21H27NO3/c1-2-7-25-19(23)17-3-5-18(6-4-17)22-20(24)21-11-14-8-15(12-21)10-16(9-14)13-21/h3-6,14-16H,2,7-13H2,1H3,(H,22,24). The minimum absolute atomic E-state index is 0.145. The van der Waals surface area contributed by atoms with Crippen molar-refractivity contribution in [2.45, 2.75) is 51.9 Å². The summed E-state index contributed by atoms with van der Waals surface area (Å²) in [5.41, 5.74) is 1.15. The van der Waals surface area contributed by atoms with E-state index >= 15 is 0 Å². The fourth-order valence-corrected chi connectivity index (χ4v) is 5.62. The fraction of sp³-hybridized carbons (Fsp3) is 0.619. The first-order valence-electron chi connectivity index (χ1n) is 9.66. The number of benzene rings is 1. The Morgan fingerprint density at radius 2 is 1.60 bits per heavy atom. The molecule has 1 aromatic carbocycles. The number of nitrogens with one attached hydrogen (secondary N) is 1. The quantitative estimate of drug-likeness (QED) is 0.807. The highest BCUT2D eigenvalue weighted by atomic mass is 16.5. The number of amides is 1. The van der Waals surface area contributed by atoms with Crippen LogP contribution in [0.5, 0.6) is 0 Å². The van der Waals surface area contributed by atoms with Gasteiger partial charge in [0.2, 0.25) is 5.91 Å². The van der Waals surface area contributed by atoms with Crippen molar-refractivity contribution in [1.82, 2.24) is 0 Å². The van der Waals surface area contributed by atoms with Gasteiger partial charge in [0.15, 0.2) is 0 Å². The molecule has 0 spiro atoms. The molecule has 0 radical (unpaired) electrons. The van der Waals surface area contributed by atoms with Crippen molar-refractivity contribution in [3.8, 4) is 0 Å². The van der Waals surface area contributed by atoms with Crippen LogP contribution in [0.25, 0.3) is 0 Å². The van der Waals surface area contributed by atoms with Crippen molar-refractivity contribution in [2.24, 2.45) is 23.2 Å². The van der Waals surface area contributed by atoms with Crippen LogP contribution < -0.4 is 5.32 Å². The molecule has 0 unspecified atom stereocenters. The molecular weight excluding hydrogens is 314 g/mol. The molecule has 1 N–H and O–H groups in total. The van der Waals surface area contributed by atoms with E-state index in [1.54, 1.807) is 24.3 Å². The van der Waals surface area contributed by atoms with E-state index in [0.717, 1.165) is 49.1 Å². The van der Waals surface area contributed by atoms with Gasteiger partial charge in [-0.15, -0.1) is 0 Å². The van der Waals surface area contributed by atoms with Crippen molar-refractivity contribution < 1.29 is 14.3 Å². The fourth-order valence-electron chi connectivity index (χ4n) is 5.62. The lowest BCUT2D eigenvalue weighted by Gasteiger charge is -2.55. The van der Waals surface area contributed by atoms with E-state index in [0.29, 0.717) is 12.2 Å². The number of ether oxygens (including phenoxy) is 1. The number of hydrogen-bond acceptors (Lipinski definition) is 3. The van der Waals surface area contributed by atoms with E-state index in [-0.39, 0.29) is 17.3 Å². The Labute approximate surface area is 149 Å². The van der Waals surface area contributed by atoms with Crippen molar-refractivity contribution in [3.63, 3.8) is 0 Å². The van der Waals surface area contributed by atoms with Gasteiger partial charge in [-0.3, -0.25) is 4.79 Å². The Balaban J connectivity index is 1.42. The van der Waals surface area contributed by atoms with Gasteiger partial charge in [-0.2, -0.15) is 0 Å². The molecule has 1 amide bonds. The topological polar surface area (TPSA) is 55.4 Å². The first-order chi connectivity index (χ1) is 12.1. The normalized spacial score (nSPS) is 32.4. The SMILES string of the molecule is CCCOC(=O)c1ccc(NC(=O)C23CC4CC(CC(C4)C2)C3)cc1. The van der Waals surface area contributed by atoms with E-state index in [4.69, 9.17) is 4.74 Å². The summed E-state index contributed by atoms with van der Waals surface area (Å²) in [6, 6.07) is 7.07. The van der Waals surface area contributed by atoms with Gasteiger partial charge in [-0.1, -0.05) is 6.92 Å². The van der Waals surface area contributed by atoms with E-state index in [1.165, 1.54) is 19.3 Å². The number of anilines is 1. The third-order valence-electron chi connectivity index (χ3n) is 6.34. The number of esters is 1. The summed E-state index contributed by atoms with van der Waals surface area (Å²) >= 11 is 0. The highest BCUT2D eigenvalue weighted by molar-refractivity contribution is 5.96. The molecule has 4 fully saturated rings. The number of carbonyl (C=O) groups is 2. The molecule has 1 aromatic rings. The maximum Gasteiger partial charge on any atom is 0.338 e. The van der Waals surface area contributed by atoms with Crippen LogP contribution >= 0.6 is 0 Å². The van der Waals surface area contributed by atoms with Crippen molar-refractivity contribution in [3.05, 3.63) is 29.8 Å². The van der Waals surface area contributed by atoms with Crippen LogP contribution in [0.1, 0.15) is 62.2 Å². The summed E-state index contributed by atoms with van der Waals surface area (Å²) in [7, 11) is 0. The molecule has 0 aromatic heterocycles. The lowest BCUT2D eigenvalue weighted by atomic mass is 9.49. The molecular formula is C21H27NO3. The average Bonchev–Trinajstić information content (AvgIpc) is 2.59. The molecule has 5 rings (SSSR count). The summed E-state index contributed by atoms with van der Waals surface area (Å²) in [5, 5.41) is 3.12. The monoisotopic (exact) mass is 341 g/mol. The zero-order valence-corrected chi connectivity index (χ0v) is 14.9. The molecule has 134 valence electrons. The van der Waals surface area contributed by atoms with E-state index in [9.17, 15) is 9.59 Å². The van der Waals surface area contributed by atoms with Crippen molar-refractivity contribution in [2.75, 3.05) is 11.9 Å². The Bertz CT molecular complexity index is 629. The summed E-state index contributed by atoms with van der Waals surface area (Å²) in [6.07, 6.45) is 8.00. The average molecular weight is 341 g/mol. The molecule has 0 aliphatic heterocycles. The van der Waals surface area contributed by atoms with Crippen LogP contribution in [-0.2, 0) is 9.53 Å². The van der Waals surface area contributed by atoms with Gasteiger partial charge >= 0.3 is 5.97 Å². The number of rotatable bonds is 5. The molecule has 4 bridgehead atoms. The molecule has 4 nitrogen and oxygen atoms in total. The first kappa shape index (κ1) is 16.6. The predicted molar refractivity (Wildman–Crippen MR) is 96.3 cm³/mol. The Morgan fingerprint density at radius 1 is 1.04 bits per heavy atom. The second kappa shape index (κ2) is 6.47. The highest BCUT2D eigenvalue weighted by Crippen LogP contribution is 2.60. The Kier molecular flexibility index (Phi) is 4.30. The van der Waals surface area contributed by atoms with E-state index in [2.05, 4.69) is 5.32 Å². The summed E-state index contributed by atoms with van der Waals surface area (Å²) in [6.45, 7) is 2.40. The third kappa shape index (κ3) is 3.19. The number of hydrogen-bond donors (Lipinski definition) is 1. The lowest BCUT2D eigenvalue weighted by molar-refractivity contribution is -0.140. The summed E-state index contributed by atoms with van der Waals surface area (Å²) in [5.74, 6) is 2.15. The molecule has 25 heavy (non-hydrogen) atoms. The zero-order valence-electron chi connectivity index (χ0n) is 14.9. The molecule has 4 aliphatic carbocycles. The van der Waals surface area contributed by atoms with Crippen LogP contribution in [0.3, 0.4) is 0 Å². The molecule has 0 saturated heterocycles. The van der Waals surface area contributed by atoms with Gasteiger partial charge in [0.1, 0.15) is 0 Å². The van der Waals surface area contributed by atoms with Gasteiger partial charge in [-0.05, 0) is 87.0 Å². The van der Waals surface area contributed by atoms with Gasteiger partial charge in [-0.25, -0.2) is 4.79 Å². The smallest absolute Gasteiger partial charge is 0.338 e. The van der Waals surface area contributed by atoms with Crippen LogP contribution in [0, 0.1) is 23.2 Å². The molecule has 0 heterocycles. The lowest BCUT2D eigenvalue weighted by Crippen LogP contribution is -2.51. The second-order valence-corrected chi connectivity index (χ2v) is 8.37. The Morgan fingerprint density at radius 3 is 2.12 bits per heavy atom. The molecule has 4 aliphatic rings. The minimum atomic E-state index is -0.305. The van der Waals surface area contributed by atoms with E-state index in [1.807, 2.05) is 6.92 Å². The second-order valence-electron chi connectivity index (χ2n) is 8.37. The van der Waals surface area contributed by atoms with Crippen LogP contribution in [0.15, 0.2) is 24.3 Å².